The van der Waals surface area contributed by atoms with Gasteiger partial charge in [0.15, 0.2) is 0 Å². The zero-order valence-electron chi connectivity index (χ0n) is 17.2. The van der Waals surface area contributed by atoms with Gasteiger partial charge in [0.05, 0.1) is 12.2 Å². The molecule has 0 unspecified atom stereocenters. The average molecular weight is 383 g/mol. The molecular formula is C23H30N2O3. The van der Waals surface area contributed by atoms with E-state index in [9.17, 15) is 9.59 Å². The molecule has 150 valence electrons. The Balaban J connectivity index is 1.85. The summed E-state index contributed by atoms with van der Waals surface area (Å²) in [6.45, 7) is 9.03. The van der Waals surface area contributed by atoms with Crippen molar-refractivity contribution >= 4 is 17.5 Å². The van der Waals surface area contributed by atoms with Crippen molar-refractivity contribution < 1.29 is 14.3 Å². The molecule has 0 aliphatic heterocycles. The van der Waals surface area contributed by atoms with E-state index in [1.54, 1.807) is 18.2 Å². The third-order valence-electron chi connectivity index (χ3n) is 4.49. The van der Waals surface area contributed by atoms with Crippen LogP contribution in [0.1, 0.15) is 61.0 Å². The van der Waals surface area contributed by atoms with Crippen LogP contribution in [0, 0.1) is 6.92 Å². The first kappa shape index (κ1) is 21.5. The SMILES string of the molecule is CCOc1ccccc1C(=O)NCCCC(=O)Nc1c(C)cccc1C(C)C. The summed E-state index contributed by atoms with van der Waals surface area (Å²) in [7, 11) is 0. The number of anilines is 1. The minimum absolute atomic E-state index is 0.0415. The monoisotopic (exact) mass is 382 g/mol. The van der Waals surface area contributed by atoms with Gasteiger partial charge in [0.25, 0.3) is 5.91 Å². The summed E-state index contributed by atoms with van der Waals surface area (Å²) in [5.74, 6) is 0.673. The summed E-state index contributed by atoms with van der Waals surface area (Å²) in [6, 6.07) is 13.2. The maximum Gasteiger partial charge on any atom is 0.255 e. The number of aryl methyl sites for hydroxylation is 1. The minimum atomic E-state index is -0.189. The maximum absolute atomic E-state index is 12.3. The number of carbonyl (C=O) groups is 2. The van der Waals surface area contributed by atoms with Gasteiger partial charge in [-0.25, -0.2) is 0 Å². The van der Waals surface area contributed by atoms with E-state index < -0.39 is 0 Å². The predicted molar refractivity (Wildman–Crippen MR) is 113 cm³/mol. The first-order valence-corrected chi connectivity index (χ1v) is 9.83. The van der Waals surface area contributed by atoms with Crippen molar-refractivity contribution in [3.8, 4) is 5.75 Å². The van der Waals surface area contributed by atoms with E-state index in [2.05, 4.69) is 24.5 Å². The van der Waals surface area contributed by atoms with Gasteiger partial charge in [-0.2, -0.15) is 0 Å². The maximum atomic E-state index is 12.3. The van der Waals surface area contributed by atoms with Crippen LogP contribution in [0.4, 0.5) is 5.69 Å². The van der Waals surface area contributed by atoms with Crippen LogP contribution in [0.15, 0.2) is 42.5 Å². The predicted octanol–water partition coefficient (Wildman–Crippen LogP) is 4.67. The van der Waals surface area contributed by atoms with Gasteiger partial charge in [-0.15, -0.1) is 0 Å². The second kappa shape index (κ2) is 10.5. The molecule has 0 heterocycles. The first-order valence-electron chi connectivity index (χ1n) is 9.83. The fourth-order valence-corrected chi connectivity index (χ4v) is 3.03. The van der Waals surface area contributed by atoms with Gasteiger partial charge < -0.3 is 15.4 Å². The van der Waals surface area contributed by atoms with E-state index in [-0.39, 0.29) is 11.8 Å². The van der Waals surface area contributed by atoms with Gasteiger partial charge in [-0.1, -0.05) is 44.2 Å². The molecular weight excluding hydrogens is 352 g/mol. The van der Waals surface area contributed by atoms with E-state index in [1.165, 1.54) is 0 Å². The van der Waals surface area contributed by atoms with Gasteiger partial charge in [-0.3, -0.25) is 9.59 Å². The molecule has 0 fully saturated rings. The number of benzene rings is 2. The highest BCUT2D eigenvalue weighted by molar-refractivity contribution is 5.97. The fraction of sp³-hybridized carbons (Fsp3) is 0.391. The Kier molecular flexibility index (Phi) is 8.05. The second-order valence-corrected chi connectivity index (χ2v) is 7.03. The lowest BCUT2D eigenvalue weighted by Gasteiger charge is -2.16. The van der Waals surface area contributed by atoms with Crippen LogP contribution in [0.3, 0.4) is 0 Å². The van der Waals surface area contributed by atoms with Crippen LogP contribution in [0.5, 0.6) is 5.75 Å². The fourth-order valence-electron chi connectivity index (χ4n) is 3.03. The Morgan fingerprint density at radius 2 is 1.82 bits per heavy atom. The highest BCUT2D eigenvalue weighted by Gasteiger charge is 2.13. The highest BCUT2D eigenvalue weighted by atomic mass is 16.5. The lowest BCUT2D eigenvalue weighted by Crippen LogP contribution is -2.26. The zero-order valence-corrected chi connectivity index (χ0v) is 17.2. The highest BCUT2D eigenvalue weighted by Crippen LogP contribution is 2.27. The normalized spacial score (nSPS) is 10.6. The first-order chi connectivity index (χ1) is 13.4. The number of carbonyl (C=O) groups excluding carboxylic acids is 2. The second-order valence-electron chi connectivity index (χ2n) is 7.03. The number of rotatable bonds is 9. The summed E-state index contributed by atoms with van der Waals surface area (Å²) in [5, 5.41) is 5.89. The molecule has 2 N–H and O–H groups in total. The van der Waals surface area contributed by atoms with E-state index >= 15 is 0 Å². The van der Waals surface area contributed by atoms with Crippen molar-refractivity contribution in [3.63, 3.8) is 0 Å². The largest absolute Gasteiger partial charge is 0.493 e. The Morgan fingerprint density at radius 1 is 1.07 bits per heavy atom. The molecule has 0 aliphatic carbocycles. The lowest BCUT2D eigenvalue weighted by atomic mass is 9.98. The van der Waals surface area contributed by atoms with Gasteiger partial charge in [0.2, 0.25) is 5.91 Å². The van der Waals surface area contributed by atoms with Crippen molar-refractivity contribution in [1.29, 1.82) is 0 Å². The molecule has 5 nitrogen and oxygen atoms in total. The van der Waals surface area contributed by atoms with E-state index in [1.807, 2.05) is 38.1 Å². The molecule has 0 saturated heterocycles. The molecule has 28 heavy (non-hydrogen) atoms. The van der Waals surface area contributed by atoms with Crippen LogP contribution >= 0.6 is 0 Å². The van der Waals surface area contributed by atoms with Crippen LogP contribution in [0.2, 0.25) is 0 Å². The molecule has 0 saturated carbocycles. The van der Waals surface area contributed by atoms with E-state index in [4.69, 9.17) is 4.74 Å². The molecule has 2 aromatic rings. The van der Waals surface area contributed by atoms with Crippen LogP contribution < -0.4 is 15.4 Å². The summed E-state index contributed by atoms with van der Waals surface area (Å²) in [4.78, 5) is 24.7. The Bertz CT molecular complexity index is 815. The van der Waals surface area contributed by atoms with Crippen LogP contribution in [-0.4, -0.2) is 25.0 Å². The third kappa shape index (κ3) is 5.84. The lowest BCUT2D eigenvalue weighted by molar-refractivity contribution is -0.116. The standard InChI is InChI=1S/C23H30N2O3/c1-5-28-20-13-7-6-11-19(20)23(27)24-15-9-14-21(26)25-22-17(4)10-8-12-18(22)16(2)3/h6-8,10-13,16H,5,9,14-15H2,1-4H3,(H,24,27)(H,25,26). The van der Waals surface area contributed by atoms with Crippen molar-refractivity contribution in [2.24, 2.45) is 0 Å². The number of amides is 2. The van der Waals surface area contributed by atoms with E-state index in [0.717, 1.165) is 16.8 Å². The Labute approximate surface area is 167 Å². The van der Waals surface area contributed by atoms with Gasteiger partial charge in [0.1, 0.15) is 5.75 Å². The Morgan fingerprint density at radius 3 is 2.54 bits per heavy atom. The molecule has 2 aromatic carbocycles. The summed E-state index contributed by atoms with van der Waals surface area (Å²) >= 11 is 0. The number of para-hydroxylation sites is 2. The van der Waals surface area contributed by atoms with Gasteiger partial charge >= 0.3 is 0 Å². The number of hydrogen-bond donors (Lipinski definition) is 2. The third-order valence-corrected chi connectivity index (χ3v) is 4.49. The zero-order chi connectivity index (χ0) is 20.5. The Hall–Kier alpha value is -2.82. The number of ether oxygens (including phenoxy) is 1. The van der Waals surface area contributed by atoms with E-state index in [0.29, 0.717) is 43.2 Å². The summed E-state index contributed by atoms with van der Waals surface area (Å²) in [5.41, 5.74) is 3.60. The molecule has 0 atom stereocenters. The summed E-state index contributed by atoms with van der Waals surface area (Å²) in [6.07, 6.45) is 0.913. The molecule has 0 aliphatic rings. The molecule has 0 radical (unpaired) electrons. The number of nitrogens with one attached hydrogen (secondary N) is 2. The van der Waals surface area contributed by atoms with Crippen molar-refractivity contribution in [3.05, 3.63) is 59.2 Å². The molecule has 5 heteroatoms. The molecule has 2 amide bonds. The topological polar surface area (TPSA) is 67.4 Å². The molecule has 0 spiro atoms. The van der Waals surface area contributed by atoms with Gasteiger partial charge in [-0.05, 0) is 49.4 Å². The van der Waals surface area contributed by atoms with Crippen molar-refractivity contribution in [1.82, 2.24) is 5.32 Å². The average Bonchev–Trinajstić information content (AvgIpc) is 2.67. The summed E-state index contributed by atoms with van der Waals surface area (Å²) < 4.78 is 5.49. The van der Waals surface area contributed by atoms with Crippen LogP contribution in [-0.2, 0) is 4.79 Å². The molecule has 0 bridgehead atoms. The van der Waals surface area contributed by atoms with Gasteiger partial charge in [0, 0.05) is 18.7 Å². The molecule has 2 rings (SSSR count). The van der Waals surface area contributed by atoms with Crippen LogP contribution in [0.25, 0.3) is 0 Å². The quantitative estimate of drug-likeness (QED) is 0.620. The van der Waals surface area contributed by atoms with Crippen molar-refractivity contribution in [2.75, 3.05) is 18.5 Å². The minimum Gasteiger partial charge on any atom is -0.493 e. The van der Waals surface area contributed by atoms with Crippen molar-refractivity contribution in [2.45, 2.75) is 46.5 Å². The molecule has 0 aromatic heterocycles. The number of hydrogen-bond acceptors (Lipinski definition) is 3. The smallest absolute Gasteiger partial charge is 0.255 e.